The highest BCUT2D eigenvalue weighted by Crippen LogP contribution is 2.28. The Kier molecular flexibility index (Phi) is 8.06. The predicted octanol–water partition coefficient (Wildman–Crippen LogP) is 4.44. The third-order valence-corrected chi connectivity index (χ3v) is 4.74. The Morgan fingerprint density at radius 1 is 1.23 bits per heavy atom. The molecule has 2 rings (SSSR count). The van der Waals surface area contributed by atoms with Crippen LogP contribution in [0.4, 0.5) is 4.39 Å². The molecule has 0 radical (unpaired) electrons. The molecule has 0 atom stereocenters. The number of nitrogens with one attached hydrogen (secondary N) is 1. The summed E-state index contributed by atoms with van der Waals surface area (Å²) < 4.78 is 24.4. The molecule has 2 aromatic carbocycles. The molecule has 0 spiro atoms. The molecule has 0 aromatic heterocycles. The number of ether oxygens (including phenoxy) is 2. The lowest BCUT2D eigenvalue weighted by Crippen LogP contribution is -2.24. The molecule has 0 saturated heterocycles. The number of carbonyl (C=O) groups is 1. The molecule has 0 fully saturated rings. The van der Waals surface area contributed by atoms with Gasteiger partial charge in [0, 0.05) is 17.3 Å². The second-order valence-corrected chi connectivity index (χ2v) is 6.85. The molecule has 140 valence electrons. The Bertz CT molecular complexity index is 758. The van der Waals surface area contributed by atoms with E-state index in [0.29, 0.717) is 41.0 Å². The van der Waals surface area contributed by atoms with E-state index in [2.05, 4.69) is 5.32 Å². The third kappa shape index (κ3) is 6.11. The average molecular weight is 398 g/mol. The van der Waals surface area contributed by atoms with Crippen molar-refractivity contribution in [2.75, 3.05) is 19.5 Å². The van der Waals surface area contributed by atoms with E-state index < -0.39 is 0 Å². The number of halogens is 2. The molecular formula is C19H21ClFNO3S. The number of hydrogen-bond acceptors (Lipinski definition) is 4. The summed E-state index contributed by atoms with van der Waals surface area (Å²) in [6.07, 6.45) is 0. The van der Waals surface area contributed by atoms with E-state index in [1.807, 2.05) is 25.1 Å². The molecule has 0 aliphatic carbocycles. The number of carbonyl (C=O) groups excluding carboxylic acids is 1. The number of hydrogen-bond donors (Lipinski definition) is 1. The molecule has 0 aliphatic heterocycles. The second kappa shape index (κ2) is 10.3. The van der Waals surface area contributed by atoms with Crippen LogP contribution in [-0.2, 0) is 17.1 Å². The fourth-order valence-electron chi connectivity index (χ4n) is 2.24. The van der Waals surface area contributed by atoms with Crippen molar-refractivity contribution in [2.24, 2.45) is 0 Å². The van der Waals surface area contributed by atoms with Crippen LogP contribution in [0.1, 0.15) is 18.1 Å². The zero-order valence-corrected chi connectivity index (χ0v) is 16.3. The highest BCUT2D eigenvalue weighted by molar-refractivity contribution is 7.99. The van der Waals surface area contributed by atoms with Gasteiger partial charge in [0.2, 0.25) is 5.91 Å². The van der Waals surface area contributed by atoms with Gasteiger partial charge in [-0.1, -0.05) is 23.7 Å². The zero-order valence-electron chi connectivity index (χ0n) is 14.7. The molecule has 1 amide bonds. The van der Waals surface area contributed by atoms with Gasteiger partial charge in [-0.2, -0.15) is 0 Å². The lowest BCUT2D eigenvalue weighted by molar-refractivity contribution is -0.118. The quantitative estimate of drug-likeness (QED) is 0.679. The SMILES string of the molecule is CCOc1cc(CNC(=O)CSCc2ccc(Cl)cc2F)ccc1OC. The third-order valence-electron chi connectivity index (χ3n) is 3.52. The van der Waals surface area contributed by atoms with Crippen molar-refractivity contribution in [1.29, 1.82) is 0 Å². The van der Waals surface area contributed by atoms with Crippen LogP contribution in [0.3, 0.4) is 0 Å². The summed E-state index contributed by atoms with van der Waals surface area (Å²) in [6, 6.07) is 10.1. The van der Waals surface area contributed by atoms with Gasteiger partial charge in [0.15, 0.2) is 11.5 Å². The molecule has 7 heteroatoms. The molecule has 0 heterocycles. The molecule has 4 nitrogen and oxygen atoms in total. The fraction of sp³-hybridized carbons (Fsp3) is 0.316. The van der Waals surface area contributed by atoms with Gasteiger partial charge in [0.1, 0.15) is 5.82 Å². The van der Waals surface area contributed by atoms with Crippen LogP contribution in [0.25, 0.3) is 0 Å². The van der Waals surface area contributed by atoms with Gasteiger partial charge in [0.25, 0.3) is 0 Å². The smallest absolute Gasteiger partial charge is 0.230 e. The highest BCUT2D eigenvalue weighted by Gasteiger charge is 2.08. The Morgan fingerprint density at radius 2 is 2.04 bits per heavy atom. The first-order valence-electron chi connectivity index (χ1n) is 8.11. The fourth-order valence-corrected chi connectivity index (χ4v) is 3.25. The minimum atomic E-state index is -0.355. The van der Waals surface area contributed by atoms with Crippen LogP contribution in [0.5, 0.6) is 11.5 Å². The van der Waals surface area contributed by atoms with Gasteiger partial charge in [-0.05, 0) is 42.3 Å². The molecule has 0 bridgehead atoms. The number of benzene rings is 2. The summed E-state index contributed by atoms with van der Waals surface area (Å²) in [5.41, 5.74) is 1.44. The van der Waals surface area contributed by atoms with Crippen LogP contribution in [-0.4, -0.2) is 25.4 Å². The largest absolute Gasteiger partial charge is 0.493 e. The molecule has 0 unspecified atom stereocenters. The molecule has 1 N–H and O–H groups in total. The number of thioether (sulfide) groups is 1. The lowest BCUT2D eigenvalue weighted by atomic mass is 10.2. The standard InChI is InChI=1S/C19H21ClFNO3S/c1-3-25-18-8-13(4-7-17(18)24-2)10-22-19(23)12-26-11-14-5-6-15(20)9-16(14)21/h4-9H,3,10-12H2,1-2H3,(H,22,23). The minimum Gasteiger partial charge on any atom is -0.493 e. The van der Waals surface area contributed by atoms with E-state index in [1.54, 1.807) is 19.2 Å². The van der Waals surface area contributed by atoms with E-state index in [4.69, 9.17) is 21.1 Å². The highest BCUT2D eigenvalue weighted by atomic mass is 35.5. The van der Waals surface area contributed by atoms with Crippen LogP contribution < -0.4 is 14.8 Å². The maximum atomic E-state index is 13.7. The molecule has 0 aliphatic rings. The van der Waals surface area contributed by atoms with Gasteiger partial charge in [-0.25, -0.2) is 4.39 Å². The van der Waals surface area contributed by atoms with Gasteiger partial charge < -0.3 is 14.8 Å². The first kappa shape index (κ1) is 20.4. The van der Waals surface area contributed by atoms with Crippen LogP contribution >= 0.6 is 23.4 Å². The van der Waals surface area contributed by atoms with Crippen molar-refractivity contribution in [3.05, 3.63) is 58.4 Å². The summed E-state index contributed by atoms with van der Waals surface area (Å²) in [6.45, 7) is 2.82. The summed E-state index contributed by atoms with van der Waals surface area (Å²) in [4.78, 5) is 12.0. The minimum absolute atomic E-state index is 0.113. The van der Waals surface area contributed by atoms with Crippen molar-refractivity contribution in [3.63, 3.8) is 0 Å². The van der Waals surface area contributed by atoms with Gasteiger partial charge >= 0.3 is 0 Å². The number of rotatable bonds is 9. The summed E-state index contributed by atoms with van der Waals surface area (Å²) in [5, 5.41) is 3.21. The van der Waals surface area contributed by atoms with Crippen molar-refractivity contribution in [3.8, 4) is 11.5 Å². The van der Waals surface area contributed by atoms with Crippen molar-refractivity contribution in [1.82, 2.24) is 5.32 Å². The van der Waals surface area contributed by atoms with E-state index in [9.17, 15) is 9.18 Å². The Morgan fingerprint density at radius 3 is 2.73 bits per heavy atom. The van der Waals surface area contributed by atoms with Crippen LogP contribution in [0, 0.1) is 5.82 Å². The van der Waals surface area contributed by atoms with E-state index in [1.165, 1.54) is 17.8 Å². The number of methoxy groups -OCH3 is 1. The molecule has 0 saturated carbocycles. The number of amides is 1. The van der Waals surface area contributed by atoms with Gasteiger partial charge in [-0.3, -0.25) is 4.79 Å². The monoisotopic (exact) mass is 397 g/mol. The van der Waals surface area contributed by atoms with Crippen molar-refractivity contribution in [2.45, 2.75) is 19.2 Å². The first-order chi connectivity index (χ1) is 12.5. The molecular weight excluding hydrogens is 377 g/mol. The van der Waals surface area contributed by atoms with E-state index >= 15 is 0 Å². The maximum absolute atomic E-state index is 13.7. The van der Waals surface area contributed by atoms with E-state index in [-0.39, 0.29) is 17.5 Å². The van der Waals surface area contributed by atoms with E-state index in [0.717, 1.165) is 5.56 Å². The Labute approximate surface area is 162 Å². The summed E-state index contributed by atoms with van der Waals surface area (Å²) >= 11 is 7.07. The summed E-state index contributed by atoms with van der Waals surface area (Å²) in [5.74, 6) is 1.49. The second-order valence-electron chi connectivity index (χ2n) is 5.42. The lowest BCUT2D eigenvalue weighted by Gasteiger charge is -2.11. The van der Waals surface area contributed by atoms with Crippen molar-refractivity contribution < 1.29 is 18.7 Å². The van der Waals surface area contributed by atoms with Crippen LogP contribution in [0.2, 0.25) is 5.02 Å². The Balaban J connectivity index is 1.80. The zero-order chi connectivity index (χ0) is 18.9. The average Bonchev–Trinajstić information content (AvgIpc) is 2.62. The molecule has 2 aromatic rings. The topological polar surface area (TPSA) is 47.6 Å². The normalized spacial score (nSPS) is 10.5. The first-order valence-corrected chi connectivity index (χ1v) is 9.64. The summed E-state index contributed by atoms with van der Waals surface area (Å²) in [7, 11) is 1.58. The van der Waals surface area contributed by atoms with Gasteiger partial charge in [-0.15, -0.1) is 11.8 Å². The van der Waals surface area contributed by atoms with Gasteiger partial charge in [0.05, 0.1) is 19.5 Å². The van der Waals surface area contributed by atoms with Crippen molar-refractivity contribution >= 4 is 29.3 Å². The maximum Gasteiger partial charge on any atom is 0.230 e. The predicted molar refractivity (Wildman–Crippen MR) is 104 cm³/mol. The Hall–Kier alpha value is -1.92. The molecule has 26 heavy (non-hydrogen) atoms. The van der Waals surface area contributed by atoms with Crippen LogP contribution in [0.15, 0.2) is 36.4 Å².